The van der Waals surface area contributed by atoms with Crippen LogP contribution in [0.3, 0.4) is 0 Å². The second-order valence-corrected chi connectivity index (χ2v) is 3.92. The predicted octanol–water partition coefficient (Wildman–Crippen LogP) is 0.477. The molecule has 1 aromatic heterocycles. The maximum Gasteiger partial charge on any atom is 0.241 e. The molecule has 0 aliphatic rings. The number of hydrogen-bond acceptors (Lipinski definition) is 5. The minimum absolute atomic E-state index is 0.0434. The number of halogens is 1. The van der Waals surface area contributed by atoms with E-state index in [1.165, 1.54) is 29.2 Å². The highest BCUT2D eigenvalue weighted by atomic mass is 19.1. The van der Waals surface area contributed by atoms with Gasteiger partial charge in [-0.1, -0.05) is 6.92 Å². The van der Waals surface area contributed by atoms with Gasteiger partial charge in [0.1, 0.15) is 12.1 Å². The third-order valence-corrected chi connectivity index (χ3v) is 2.60. The van der Waals surface area contributed by atoms with Gasteiger partial charge in [-0.25, -0.2) is 9.07 Å². The highest BCUT2D eigenvalue weighted by molar-refractivity contribution is 5.94. The maximum absolute atomic E-state index is 13.6. The van der Waals surface area contributed by atoms with Crippen molar-refractivity contribution in [1.29, 1.82) is 0 Å². The topological polar surface area (TPSA) is 98.7 Å². The summed E-state index contributed by atoms with van der Waals surface area (Å²) in [6.07, 6.45) is 1.84. The number of aromatic nitrogens is 4. The molecule has 1 unspecified atom stereocenters. The lowest BCUT2D eigenvalue weighted by atomic mass is 10.2. The molecule has 0 spiro atoms. The lowest BCUT2D eigenvalue weighted by Crippen LogP contribution is -2.35. The Labute approximate surface area is 108 Å². The largest absolute Gasteiger partial charge is 0.322 e. The van der Waals surface area contributed by atoms with Gasteiger partial charge in [0.15, 0.2) is 0 Å². The van der Waals surface area contributed by atoms with Gasteiger partial charge >= 0.3 is 0 Å². The second kappa shape index (κ2) is 5.53. The van der Waals surface area contributed by atoms with Crippen LogP contribution in [0.2, 0.25) is 0 Å². The lowest BCUT2D eigenvalue weighted by molar-refractivity contribution is -0.117. The molecule has 0 aliphatic carbocycles. The third kappa shape index (κ3) is 2.91. The molecule has 0 radical (unpaired) electrons. The minimum atomic E-state index is -0.670. The van der Waals surface area contributed by atoms with Crippen LogP contribution in [0.5, 0.6) is 0 Å². The summed E-state index contributed by atoms with van der Waals surface area (Å²) in [6, 6.07) is 3.49. The molecule has 1 atom stereocenters. The van der Waals surface area contributed by atoms with Crippen LogP contribution < -0.4 is 11.1 Å². The van der Waals surface area contributed by atoms with E-state index in [2.05, 4.69) is 20.8 Å². The molecular weight excluding hydrogens is 251 g/mol. The van der Waals surface area contributed by atoms with Gasteiger partial charge in [0.2, 0.25) is 5.91 Å². The summed E-state index contributed by atoms with van der Waals surface area (Å²) >= 11 is 0. The van der Waals surface area contributed by atoms with Crippen molar-refractivity contribution in [2.75, 3.05) is 5.32 Å². The fourth-order valence-electron chi connectivity index (χ4n) is 1.44. The van der Waals surface area contributed by atoms with E-state index in [0.717, 1.165) is 0 Å². The number of nitrogens with two attached hydrogens (primary N) is 1. The van der Waals surface area contributed by atoms with Crippen LogP contribution in [0.15, 0.2) is 24.5 Å². The number of carbonyl (C=O) groups is 1. The average molecular weight is 264 g/mol. The summed E-state index contributed by atoms with van der Waals surface area (Å²) in [5.41, 5.74) is 6.15. The molecule has 0 saturated heterocycles. The SMILES string of the molecule is CCC(N)C(=O)Nc1cc(-n2cnnn2)ccc1F. The number of amides is 1. The summed E-state index contributed by atoms with van der Waals surface area (Å²) in [5, 5.41) is 13.1. The fourth-order valence-corrected chi connectivity index (χ4v) is 1.44. The Hall–Kier alpha value is -2.35. The molecule has 0 aliphatic heterocycles. The van der Waals surface area contributed by atoms with Crippen LogP contribution in [-0.2, 0) is 4.79 Å². The summed E-state index contributed by atoms with van der Waals surface area (Å²) < 4.78 is 15.0. The number of rotatable bonds is 4. The second-order valence-electron chi connectivity index (χ2n) is 3.92. The quantitative estimate of drug-likeness (QED) is 0.836. The molecule has 19 heavy (non-hydrogen) atoms. The first-order valence-corrected chi connectivity index (χ1v) is 5.71. The van der Waals surface area contributed by atoms with Gasteiger partial charge in [-0.3, -0.25) is 4.79 Å². The van der Waals surface area contributed by atoms with Crippen LogP contribution in [0.1, 0.15) is 13.3 Å². The van der Waals surface area contributed by atoms with E-state index in [9.17, 15) is 9.18 Å². The highest BCUT2D eigenvalue weighted by Gasteiger charge is 2.14. The van der Waals surface area contributed by atoms with E-state index in [0.29, 0.717) is 12.1 Å². The average Bonchev–Trinajstić information content (AvgIpc) is 2.94. The van der Waals surface area contributed by atoms with Gasteiger partial charge in [-0.15, -0.1) is 5.10 Å². The number of nitrogens with zero attached hydrogens (tertiary/aromatic N) is 4. The van der Waals surface area contributed by atoms with Crippen LogP contribution in [0.25, 0.3) is 5.69 Å². The van der Waals surface area contributed by atoms with Gasteiger partial charge < -0.3 is 11.1 Å². The zero-order chi connectivity index (χ0) is 13.8. The number of carbonyl (C=O) groups excluding carboxylic acids is 1. The molecule has 1 heterocycles. The Balaban J connectivity index is 2.25. The van der Waals surface area contributed by atoms with Crippen molar-refractivity contribution < 1.29 is 9.18 Å². The molecular formula is C11H13FN6O. The van der Waals surface area contributed by atoms with Crippen molar-refractivity contribution in [1.82, 2.24) is 20.2 Å². The van der Waals surface area contributed by atoms with Crippen molar-refractivity contribution in [2.24, 2.45) is 5.73 Å². The minimum Gasteiger partial charge on any atom is -0.322 e. The first kappa shape index (κ1) is 13.1. The smallest absolute Gasteiger partial charge is 0.241 e. The van der Waals surface area contributed by atoms with Crippen LogP contribution in [-0.4, -0.2) is 32.2 Å². The van der Waals surface area contributed by atoms with E-state index in [1.54, 1.807) is 6.92 Å². The summed E-state index contributed by atoms with van der Waals surface area (Å²) in [6.45, 7) is 1.78. The first-order chi connectivity index (χ1) is 9.11. The zero-order valence-corrected chi connectivity index (χ0v) is 10.2. The van der Waals surface area contributed by atoms with Gasteiger partial charge in [0.25, 0.3) is 0 Å². The Kier molecular flexibility index (Phi) is 3.81. The van der Waals surface area contributed by atoms with Crippen LogP contribution >= 0.6 is 0 Å². The molecule has 2 rings (SSSR count). The fraction of sp³-hybridized carbons (Fsp3) is 0.273. The van der Waals surface area contributed by atoms with E-state index < -0.39 is 17.8 Å². The van der Waals surface area contributed by atoms with E-state index in [4.69, 9.17) is 5.73 Å². The molecule has 1 amide bonds. The van der Waals surface area contributed by atoms with Crippen molar-refractivity contribution in [3.05, 3.63) is 30.3 Å². The molecule has 0 fully saturated rings. The van der Waals surface area contributed by atoms with Gasteiger partial charge in [0.05, 0.1) is 17.4 Å². The van der Waals surface area contributed by atoms with Crippen molar-refractivity contribution in [2.45, 2.75) is 19.4 Å². The van der Waals surface area contributed by atoms with Crippen molar-refractivity contribution in [3.63, 3.8) is 0 Å². The number of tetrazole rings is 1. The van der Waals surface area contributed by atoms with E-state index in [1.807, 2.05) is 0 Å². The molecule has 7 nitrogen and oxygen atoms in total. The Morgan fingerprint density at radius 3 is 3.00 bits per heavy atom. The standard InChI is InChI=1S/C11H13FN6O/c1-2-9(13)11(19)15-10-5-7(3-4-8(10)12)18-6-14-16-17-18/h3-6,9H,2,13H2,1H3,(H,15,19). The number of benzene rings is 1. The molecule has 100 valence electrons. The number of hydrogen-bond donors (Lipinski definition) is 2. The predicted molar refractivity (Wildman–Crippen MR) is 66.0 cm³/mol. The number of anilines is 1. The van der Waals surface area contributed by atoms with Crippen molar-refractivity contribution >= 4 is 11.6 Å². The Morgan fingerprint density at radius 1 is 1.58 bits per heavy atom. The van der Waals surface area contributed by atoms with Crippen LogP contribution in [0, 0.1) is 5.82 Å². The molecule has 3 N–H and O–H groups in total. The number of nitrogens with one attached hydrogen (secondary N) is 1. The monoisotopic (exact) mass is 264 g/mol. The first-order valence-electron chi connectivity index (χ1n) is 5.71. The molecule has 8 heteroatoms. The van der Waals surface area contributed by atoms with Crippen LogP contribution in [0.4, 0.5) is 10.1 Å². The summed E-state index contributed by atoms with van der Waals surface area (Å²) in [7, 11) is 0. The highest BCUT2D eigenvalue weighted by Crippen LogP contribution is 2.18. The van der Waals surface area contributed by atoms with Crippen molar-refractivity contribution in [3.8, 4) is 5.69 Å². The lowest BCUT2D eigenvalue weighted by Gasteiger charge is -2.11. The summed E-state index contributed by atoms with van der Waals surface area (Å²) in [4.78, 5) is 11.6. The molecule has 0 saturated carbocycles. The third-order valence-electron chi connectivity index (χ3n) is 2.60. The van der Waals surface area contributed by atoms with Gasteiger partial charge in [-0.05, 0) is 35.0 Å². The Bertz CT molecular complexity index is 571. The van der Waals surface area contributed by atoms with Gasteiger partial charge in [-0.2, -0.15) is 0 Å². The Morgan fingerprint density at radius 2 is 2.37 bits per heavy atom. The molecule has 1 aromatic carbocycles. The maximum atomic E-state index is 13.6. The van der Waals surface area contributed by atoms with Gasteiger partial charge in [0, 0.05) is 0 Å². The molecule has 2 aromatic rings. The van der Waals surface area contributed by atoms with E-state index >= 15 is 0 Å². The normalized spacial score (nSPS) is 12.2. The van der Waals surface area contributed by atoms with E-state index in [-0.39, 0.29) is 5.69 Å². The summed E-state index contributed by atoms with van der Waals surface area (Å²) in [5.74, 6) is -0.983. The molecule has 0 bridgehead atoms. The zero-order valence-electron chi connectivity index (χ0n) is 10.2.